The van der Waals surface area contributed by atoms with Gasteiger partial charge in [0.25, 0.3) is 0 Å². The van der Waals surface area contributed by atoms with Gasteiger partial charge in [0.15, 0.2) is 0 Å². The summed E-state index contributed by atoms with van der Waals surface area (Å²) in [7, 11) is 0. The van der Waals surface area contributed by atoms with E-state index in [0.717, 1.165) is 37.2 Å². The number of likely N-dealkylation sites (tertiary alicyclic amines) is 1. The van der Waals surface area contributed by atoms with Gasteiger partial charge in [-0.1, -0.05) is 18.2 Å². The molecule has 1 aromatic carbocycles. The fourth-order valence-electron chi connectivity index (χ4n) is 2.93. The fourth-order valence-corrected chi connectivity index (χ4v) is 2.93. The van der Waals surface area contributed by atoms with Crippen LogP contribution in [0, 0.1) is 0 Å². The van der Waals surface area contributed by atoms with Gasteiger partial charge in [0.1, 0.15) is 5.75 Å². The topological polar surface area (TPSA) is 25.4 Å². The molecule has 1 saturated heterocycles. The summed E-state index contributed by atoms with van der Waals surface area (Å²) >= 11 is 0. The summed E-state index contributed by atoms with van der Waals surface area (Å²) in [5.41, 5.74) is 2.18. The number of ether oxygens (including phenoxy) is 1. The molecule has 22 heavy (non-hydrogen) atoms. The first-order valence-electron chi connectivity index (χ1n) is 7.41. The van der Waals surface area contributed by atoms with Gasteiger partial charge in [-0.15, -0.1) is 0 Å². The van der Waals surface area contributed by atoms with Crippen molar-refractivity contribution in [3.8, 4) is 5.75 Å². The maximum atomic E-state index is 12.2. The van der Waals surface area contributed by atoms with E-state index in [1.54, 1.807) is 12.1 Å². The van der Waals surface area contributed by atoms with Crippen LogP contribution in [-0.4, -0.2) is 23.0 Å². The molecule has 0 unspecified atom stereocenters. The lowest BCUT2D eigenvalue weighted by Crippen LogP contribution is -2.23. The van der Waals surface area contributed by atoms with Crippen LogP contribution >= 0.6 is 0 Å². The Morgan fingerprint density at radius 2 is 2.00 bits per heavy atom. The number of pyridine rings is 1. The number of aromatic nitrogens is 1. The van der Waals surface area contributed by atoms with Gasteiger partial charge in [-0.3, -0.25) is 9.88 Å². The Morgan fingerprint density at radius 3 is 2.68 bits per heavy atom. The zero-order valence-corrected chi connectivity index (χ0v) is 12.2. The van der Waals surface area contributed by atoms with Gasteiger partial charge in [0, 0.05) is 12.7 Å². The normalized spacial score (nSPS) is 18.8. The van der Waals surface area contributed by atoms with E-state index in [1.165, 1.54) is 0 Å². The van der Waals surface area contributed by atoms with Crippen LogP contribution < -0.4 is 4.74 Å². The summed E-state index contributed by atoms with van der Waals surface area (Å²) in [6.45, 7) is -0.967. The van der Waals surface area contributed by atoms with Crippen LogP contribution in [0.1, 0.15) is 30.1 Å². The Hall–Kier alpha value is -2.01. The average Bonchev–Trinajstić information content (AvgIpc) is 2.98. The first-order chi connectivity index (χ1) is 10.7. The molecule has 116 valence electrons. The van der Waals surface area contributed by atoms with Gasteiger partial charge in [-0.2, -0.15) is 8.78 Å². The molecule has 5 heteroatoms. The summed E-state index contributed by atoms with van der Waals surface area (Å²) in [5.74, 6) is 0.196. The Morgan fingerprint density at radius 1 is 1.18 bits per heavy atom. The van der Waals surface area contributed by atoms with Crippen molar-refractivity contribution in [2.75, 3.05) is 6.54 Å². The van der Waals surface area contributed by atoms with Gasteiger partial charge in [0.05, 0.1) is 11.7 Å². The van der Waals surface area contributed by atoms with E-state index in [0.29, 0.717) is 6.04 Å². The predicted molar refractivity (Wildman–Crippen MR) is 79.7 cm³/mol. The Balaban J connectivity index is 1.67. The first-order valence-corrected chi connectivity index (χ1v) is 7.41. The second kappa shape index (κ2) is 6.83. The first kappa shape index (κ1) is 14.9. The number of rotatable bonds is 5. The molecule has 0 N–H and O–H groups in total. The van der Waals surface area contributed by atoms with E-state index in [2.05, 4.69) is 20.7 Å². The zero-order valence-electron chi connectivity index (χ0n) is 12.2. The second-order valence-corrected chi connectivity index (χ2v) is 5.41. The Labute approximate surface area is 128 Å². The van der Waals surface area contributed by atoms with Gasteiger partial charge in [-0.25, -0.2) is 0 Å². The van der Waals surface area contributed by atoms with E-state index in [-0.39, 0.29) is 5.75 Å². The molecule has 1 aromatic heterocycles. The molecular formula is C17H18F2N2O. The maximum Gasteiger partial charge on any atom is 0.387 e. The average molecular weight is 304 g/mol. The van der Waals surface area contributed by atoms with Crippen LogP contribution in [0.25, 0.3) is 0 Å². The zero-order chi connectivity index (χ0) is 15.4. The molecule has 0 saturated carbocycles. The third-order valence-electron chi connectivity index (χ3n) is 3.93. The smallest absolute Gasteiger partial charge is 0.387 e. The van der Waals surface area contributed by atoms with Crippen LogP contribution in [0.2, 0.25) is 0 Å². The van der Waals surface area contributed by atoms with Crippen molar-refractivity contribution < 1.29 is 13.5 Å². The van der Waals surface area contributed by atoms with Crippen molar-refractivity contribution in [2.24, 2.45) is 0 Å². The number of hydrogen-bond acceptors (Lipinski definition) is 3. The lowest BCUT2D eigenvalue weighted by Gasteiger charge is -2.24. The number of hydrogen-bond donors (Lipinski definition) is 0. The van der Waals surface area contributed by atoms with Gasteiger partial charge in [0.2, 0.25) is 0 Å². The minimum atomic E-state index is -2.78. The van der Waals surface area contributed by atoms with Crippen molar-refractivity contribution in [1.29, 1.82) is 0 Å². The molecule has 0 amide bonds. The quantitative estimate of drug-likeness (QED) is 0.834. The fraction of sp³-hybridized carbons (Fsp3) is 0.353. The van der Waals surface area contributed by atoms with Crippen LogP contribution in [0.15, 0.2) is 48.7 Å². The van der Waals surface area contributed by atoms with Crippen LogP contribution in [0.3, 0.4) is 0 Å². The molecular weight excluding hydrogens is 286 g/mol. The molecule has 0 spiro atoms. The maximum absolute atomic E-state index is 12.2. The van der Waals surface area contributed by atoms with Crippen molar-refractivity contribution in [3.05, 3.63) is 59.9 Å². The second-order valence-electron chi connectivity index (χ2n) is 5.41. The van der Waals surface area contributed by atoms with E-state index in [1.807, 2.05) is 30.5 Å². The highest BCUT2D eigenvalue weighted by Crippen LogP contribution is 2.32. The summed E-state index contributed by atoms with van der Waals surface area (Å²) < 4.78 is 28.7. The van der Waals surface area contributed by atoms with Crippen molar-refractivity contribution in [3.63, 3.8) is 0 Å². The minimum absolute atomic E-state index is 0.196. The number of alkyl halides is 2. The molecule has 2 aromatic rings. The van der Waals surface area contributed by atoms with Gasteiger partial charge >= 0.3 is 6.61 Å². The van der Waals surface area contributed by atoms with Crippen molar-refractivity contribution in [1.82, 2.24) is 9.88 Å². The van der Waals surface area contributed by atoms with E-state index in [4.69, 9.17) is 0 Å². The third-order valence-corrected chi connectivity index (χ3v) is 3.93. The monoisotopic (exact) mass is 304 g/mol. The summed E-state index contributed by atoms with van der Waals surface area (Å²) in [4.78, 5) is 6.83. The predicted octanol–water partition coefficient (Wildman–Crippen LogP) is 4.02. The highest BCUT2D eigenvalue weighted by Gasteiger charge is 2.26. The van der Waals surface area contributed by atoms with Gasteiger partial charge in [-0.05, 0) is 49.2 Å². The lowest BCUT2D eigenvalue weighted by molar-refractivity contribution is -0.0498. The molecule has 0 aliphatic carbocycles. The molecule has 1 fully saturated rings. The molecule has 2 heterocycles. The standard InChI is InChI=1S/C17H18F2N2O/c18-17(19)22-14-8-6-13(7-9-14)12-21-11-3-5-16(21)15-4-1-2-10-20-15/h1-2,4,6-10,16-17H,3,5,11-12H2/t16-/m1/s1. The lowest BCUT2D eigenvalue weighted by atomic mass is 10.1. The highest BCUT2D eigenvalue weighted by molar-refractivity contribution is 5.27. The van der Waals surface area contributed by atoms with E-state index < -0.39 is 6.61 Å². The number of benzene rings is 1. The number of halogens is 2. The summed E-state index contributed by atoms with van der Waals surface area (Å²) in [5, 5.41) is 0. The summed E-state index contributed by atoms with van der Waals surface area (Å²) in [6.07, 6.45) is 4.07. The van der Waals surface area contributed by atoms with Crippen LogP contribution in [0.5, 0.6) is 5.75 Å². The molecule has 1 aliphatic heterocycles. The molecule has 1 atom stereocenters. The molecule has 1 aliphatic rings. The minimum Gasteiger partial charge on any atom is -0.435 e. The summed E-state index contributed by atoms with van der Waals surface area (Å²) in [6, 6.07) is 13.2. The SMILES string of the molecule is FC(F)Oc1ccc(CN2CCC[C@@H]2c2ccccn2)cc1. The number of nitrogens with zero attached hydrogens (tertiary/aromatic N) is 2. The van der Waals surface area contributed by atoms with Crippen molar-refractivity contribution >= 4 is 0 Å². The van der Waals surface area contributed by atoms with E-state index in [9.17, 15) is 8.78 Å². The van der Waals surface area contributed by atoms with Crippen LogP contribution in [-0.2, 0) is 6.54 Å². The molecule has 3 nitrogen and oxygen atoms in total. The molecule has 0 radical (unpaired) electrons. The van der Waals surface area contributed by atoms with Gasteiger partial charge < -0.3 is 4.74 Å². The Bertz CT molecular complexity index is 589. The highest BCUT2D eigenvalue weighted by atomic mass is 19.3. The van der Waals surface area contributed by atoms with Crippen molar-refractivity contribution in [2.45, 2.75) is 32.0 Å². The largest absolute Gasteiger partial charge is 0.435 e. The third kappa shape index (κ3) is 3.60. The molecule has 0 bridgehead atoms. The Kier molecular flexibility index (Phi) is 4.63. The molecule has 3 rings (SSSR count). The van der Waals surface area contributed by atoms with Crippen LogP contribution in [0.4, 0.5) is 8.78 Å². The van der Waals surface area contributed by atoms with E-state index >= 15 is 0 Å².